The number of hydrogen-bond acceptors (Lipinski definition) is 6. The number of amides is 2. The van der Waals surface area contributed by atoms with Crippen molar-refractivity contribution in [1.29, 1.82) is 0 Å². The summed E-state index contributed by atoms with van der Waals surface area (Å²) in [4.78, 5) is 45.6. The SMILES string of the molecule is COc1c(Cl)cc(N2C(=O)C=CC2=O)cc1Cl.O=C(O)/C=C/C(=O)Cc1cc(Cl)c(CO)c(Cl)c1. The lowest BCUT2D eigenvalue weighted by Gasteiger charge is -2.16. The Morgan fingerprint density at radius 3 is 1.86 bits per heavy atom. The van der Waals surface area contributed by atoms with Crippen molar-refractivity contribution in [3.8, 4) is 5.75 Å². The van der Waals surface area contributed by atoms with E-state index in [1.54, 1.807) is 0 Å². The number of allylic oxidation sites excluding steroid dienone is 1. The number of halogens is 4. The number of anilines is 1. The van der Waals surface area contributed by atoms with Crippen molar-refractivity contribution >= 4 is 75.7 Å². The first-order valence-corrected chi connectivity index (χ1v) is 11.1. The molecule has 184 valence electrons. The molecule has 8 nitrogen and oxygen atoms in total. The molecule has 1 aliphatic rings. The molecule has 2 aromatic carbocycles. The molecule has 2 N–H and O–H groups in total. The number of benzene rings is 2. The molecule has 0 unspecified atom stereocenters. The molecule has 1 heterocycles. The predicted octanol–water partition coefficient (Wildman–Crippen LogP) is 4.67. The normalized spacial score (nSPS) is 12.7. The van der Waals surface area contributed by atoms with Crippen LogP contribution in [0.15, 0.2) is 48.6 Å². The van der Waals surface area contributed by atoms with Gasteiger partial charge in [-0.1, -0.05) is 46.4 Å². The van der Waals surface area contributed by atoms with E-state index in [1.807, 2.05) is 0 Å². The summed E-state index contributed by atoms with van der Waals surface area (Å²) in [5, 5.41) is 18.4. The molecule has 12 heteroatoms. The van der Waals surface area contributed by atoms with E-state index in [1.165, 1.54) is 43.5 Å². The van der Waals surface area contributed by atoms with Crippen LogP contribution in [0.3, 0.4) is 0 Å². The highest BCUT2D eigenvalue weighted by molar-refractivity contribution is 6.38. The highest BCUT2D eigenvalue weighted by Gasteiger charge is 2.26. The van der Waals surface area contributed by atoms with Crippen molar-refractivity contribution in [1.82, 2.24) is 0 Å². The number of ketones is 1. The Balaban J connectivity index is 0.000000247. The maximum Gasteiger partial charge on any atom is 0.328 e. The number of hydrogen-bond donors (Lipinski definition) is 2. The zero-order valence-corrected chi connectivity index (χ0v) is 21.0. The van der Waals surface area contributed by atoms with Gasteiger partial charge in [0, 0.05) is 40.3 Å². The lowest BCUT2D eigenvalue weighted by Crippen LogP contribution is -2.29. The third-order valence-corrected chi connectivity index (χ3v) is 5.64. The lowest BCUT2D eigenvalue weighted by atomic mass is 10.1. The second kappa shape index (κ2) is 12.7. The number of aliphatic hydroxyl groups is 1. The number of carbonyl (C=O) groups excluding carboxylic acids is 3. The van der Waals surface area contributed by atoms with Crippen molar-refractivity contribution in [3.63, 3.8) is 0 Å². The van der Waals surface area contributed by atoms with Gasteiger partial charge in [-0.15, -0.1) is 0 Å². The van der Waals surface area contributed by atoms with E-state index < -0.39 is 17.8 Å². The molecular weight excluding hydrogens is 544 g/mol. The number of rotatable bonds is 7. The second-order valence-corrected chi connectivity index (χ2v) is 8.43. The molecule has 0 aromatic heterocycles. The summed E-state index contributed by atoms with van der Waals surface area (Å²) in [6.45, 7) is -0.287. The lowest BCUT2D eigenvalue weighted by molar-refractivity contribution is -0.131. The number of ether oxygens (including phenoxy) is 1. The smallest absolute Gasteiger partial charge is 0.328 e. The molecule has 0 atom stereocenters. The summed E-state index contributed by atoms with van der Waals surface area (Å²) in [5.41, 5.74) is 1.28. The molecule has 0 saturated carbocycles. The highest BCUT2D eigenvalue weighted by atomic mass is 35.5. The summed E-state index contributed by atoms with van der Waals surface area (Å²) in [7, 11) is 1.43. The van der Waals surface area contributed by atoms with Crippen molar-refractivity contribution in [2.75, 3.05) is 12.0 Å². The Labute approximate surface area is 219 Å². The Bertz CT molecular complexity index is 1180. The van der Waals surface area contributed by atoms with E-state index in [-0.39, 0.29) is 38.9 Å². The van der Waals surface area contributed by atoms with Gasteiger partial charge in [-0.3, -0.25) is 14.4 Å². The van der Waals surface area contributed by atoms with Gasteiger partial charge in [-0.25, -0.2) is 9.69 Å². The van der Waals surface area contributed by atoms with Crippen LogP contribution in [-0.4, -0.2) is 40.9 Å². The fourth-order valence-electron chi connectivity index (χ4n) is 2.86. The van der Waals surface area contributed by atoms with Gasteiger partial charge in [0.2, 0.25) is 0 Å². The maximum absolute atomic E-state index is 11.5. The Hall–Kier alpha value is -2.88. The molecule has 0 spiro atoms. The minimum atomic E-state index is -1.19. The minimum Gasteiger partial charge on any atom is -0.494 e. The predicted molar refractivity (Wildman–Crippen MR) is 133 cm³/mol. The molecule has 35 heavy (non-hydrogen) atoms. The fraction of sp³-hybridized carbons (Fsp3) is 0.130. The van der Waals surface area contributed by atoms with Crippen LogP contribution >= 0.6 is 46.4 Å². The first kappa shape index (κ1) is 28.4. The molecule has 2 aromatic rings. The van der Waals surface area contributed by atoms with Crippen molar-refractivity contribution in [3.05, 3.63) is 79.8 Å². The molecule has 3 rings (SSSR count). The van der Waals surface area contributed by atoms with Crippen LogP contribution in [0.1, 0.15) is 11.1 Å². The van der Waals surface area contributed by atoms with Gasteiger partial charge in [-0.2, -0.15) is 0 Å². The zero-order valence-electron chi connectivity index (χ0n) is 17.9. The van der Waals surface area contributed by atoms with Crippen LogP contribution in [0.2, 0.25) is 20.1 Å². The average molecular weight is 561 g/mol. The fourth-order valence-corrected chi connectivity index (χ4v) is 4.14. The molecule has 2 amide bonds. The minimum absolute atomic E-state index is 0.00503. The van der Waals surface area contributed by atoms with Crippen LogP contribution in [0.25, 0.3) is 0 Å². The zero-order chi connectivity index (χ0) is 26.3. The van der Waals surface area contributed by atoms with E-state index in [0.29, 0.717) is 22.6 Å². The molecule has 0 saturated heterocycles. The van der Waals surface area contributed by atoms with E-state index in [9.17, 15) is 19.2 Å². The number of aliphatic carboxylic acids is 1. The van der Waals surface area contributed by atoms with Crippen molar-refractivity contribution < 1.29 is 34.1 Å². The summed E-state index contributed by atoms with van der Waals surface area (Å²) in [6.07, 6.45) is 4.12. The van der Waals surface area contributed by atoms with Crippen LogP contribution in [0.4, 0.5) is 5.69 Å². The molecule has 0 fully saturated rings. The van der Waals surface area contributed by atoms with Gasteiger partial charge in [0.25, 0.3) is 11.8 Å². The topological polar surface area (TPSA) is 121 Å². The number of carbonyl (C=O) groups is 4. The summed E-state index contributed by atoms with van der Waals surface area (Å²) < 4.78 is 4.98. The second-order valence-electron chi connectivity index (χ2n) is 6.80. The van der Waals surface area contributed by atoms with Gasteiger partial charge in [0.15, 0.2) is 11.5 Å². The van der Waals surface area contributed by atoms with E-state index in [0.717, 1.165) is 17.1 Å². The molecule has 0 radical (unpaired) electrons. The van der Waals surface area contributed by atoms with Gasteiger partial charge < -0.3 is 14.9 Å². The first-order valence-electron chi connectivity index (χ1n) is 9.59. The number of nitrogens with zero attached hydrogens (tertiary/aromatic N) is 1. The third kappa shape index (κ3) is 7.55. The number of imide groups is 1. The largest absolute Gasteiger partial charge is 0.494 e. The Morgan fingerprint density at radius 1 is 0.914 bits per heavy atom. The summed E-state index contributed by atoms with van der Waals surface area (Å²) in [6, 6.07) is 5.95. The summed E-state index contributed by atoms with van der Waals surface area (Å²) >= 11 is 23.6. The van der Waals surface area contributed by atoms with Crippen LogP contribution in [0.5, 0.6) is 5.75 Å². The van der Waals surface area contributed by atoms with E-state index in [2.05, 4.69) is 0 Å². The molecule has 0 bridgehead atoms. The monoisotopic (exact) mass is 559 g/mol. The number of carboxylic acid groups (broad SMARTS) is 1. The van der Waals surface area contributed by atoms with Gasteiger partial charge in [0.1, 0.15) is 0 Å². The molecule has 1 aliphatic heterocycles. The van der Waals surface area contributed by atoms with Gasteiger partial charge >= 0.3 is 5.97 Å². The van der Waals surface area contributed by atoms with Crippen molar-refractivity contribution in [2.24, 2.45) is 0 Å². The number of methoxy groups -OCH3 is 1. The van der Waals surface area contributed by atoms with Crippen LogP contribution in [0, 0.1) is 0 Å². The van der Waals surface area contributed by atoms with E-state index in [4.69, 9.17) is 61.4 Å². The van der Waals surface area contributed by atoms with E-state index >= 15 is 0 Å². The van der Waals surface area contributed by atoms with Crippen LogP contribution < -0.4 is 9.64 Å². The quantitative estimate of drug-likeness (QED) is 0.373. The Kier molecular flexibility index (Phi) is 10.3. The van der Waals surface area contributed by atoms with Gasteiger partial charge in [-0.05, 0) is 35.9 Å². The standard InChI is InChI=1S/C12H10Cl2O4.C11H7Cl2NO3/c13-10-4-7(5-11(14)9(10)6-15)3-8(16)1-2-12(17)18;1-17-11-7(12)4-6(5-8(11)13)14-9(15)2-3-10(14)16/h1-2,4-5,15H,3,6H2,(H,17,18);2-5H,1H3/b2-1+;. The Morgan fingerprint density at radius 2 is 1.43 bits per heavy atom. The average Bonchev–Trinajstić information content (AvgIpc) is 3.10. The number of aliphatic hydroxyl groups excluding tert-OH is 1. The highest BCUT2D eigenvalue weighted by Crippen LogP contribution is 2.37. The summed E-state index contributed by atoms with van der Waals surface area (Å²) in [5.74, 6) is -2.10. The first-order chi connectivity index (χ1) is 16.5. The molecular formula is C23H17Cl4NO7. The van der Waals surface area contributed by atoms with Crippen molar-refractivity contribution in [2.45, 2.75) is 13.0 Å². The maximum atomic E-state index is 11.5. The third-order valence-electron chi connectivity index (χ3n) is 4.40. The van der Waals surface area contributed by atoms with Gasteiger partial charge in [0.05, 0.1) is 29.4 Å². The number of carboxylic acids is 1. The van der Waals surface area contributed by atoms with Crippen LogP contribution in [-0.2, 0) is 32.2 Å². The molecule has 0 aliphatic carbocycles.